The summed E-state index contributed by atoms with van der Waals surface area (Å²) < 4.78 is 21.5. The van der Waals surface area contributed by atoms with E-state index in [1.165, 1.54) is 12.1 Å². The van der Waals surface area contributed by atoms with Gasteiger partial charge in [0.2, 0.25) is 0 Å². The largest absolute Gasteiger partial charge is 0.308 e. The van der Waals surface area contributed by atoms with E-state index < -0.39 is 20.2 Å². The topological polar surface area (TPSA) is 77.2 Å². The van der Waals surface area contributed by atoms with Gasteiger partial charge < -0.3 is 5.73 Å². The number of carbonyl (C=O) groups is 1. The normalized spacial score (nSPS) is 13.6. The van der Waals surface area contributed by atoms with Crippen molar-refractivity contribution >= 4 is 25.5 Å². The number of hydrogen-bond acceptors (Lipinski definition) is 4. The molecule has 1 unspecified atom stereocenters. The quantitative estimate of drug-likeness (QED) is 0.617. The number of rotatable bonds is 3. The van der Waals surface area contributed by atoms with Crippen molar-refractivity contribution in [2.24, 2.45) is 5.73 Å². The average molecular weight is 234 g/mol. The van der Waals surface area contributed by atoms with E-state index in [9.17, 15) is 13.2 Å². The van der Waals surface area contributed by atoms with Crippen molar-refractivity contribution in [1.29, 1.82) is 0 Å². The van der Waals surface area contributed by atoms with E-state index in [-0.39, 0.29) is 5.56 Å². The summed E-state index contributed by atoms with van der Waals surface area (Å²) in [7, 11) is 0.905. The van der Waals surface area contributed by atoms with Crippen LogP contribution in [0, 0.1) is 0 Å². The summed E-state index contributed by atoms with van der Waals surface area (Å²) in [6.07, 6.45) is 0. The molecule has 76 valence electrons. The summed E-state index contributed by atoms with van der Waals surface area (Å²) in [4.78, 5) is 11.4. The van der Waals surface area contributed by atoms with Crippen LogP contribution in [0.4, 0.5) is 0 Å². The first-order chi connectivity index (χ1) is 6.43. The van der Waals surface area contributed by atoms with Crippen LogP contribution >= 0.6 is 10.7 Å². The summed E-state index contributed by atoms with van der Waals surface area (Å²) in [5, 5.41) is -1.70. The Hall–Kier alpha value is -0.910. The predicted octanol–water partition coefficient (Wildman–Crippen LogP) is 0.723. The summed E-state index contributed by atoms with van der Waals surface area (Å²) in [5.41, 5.74) is 5.38. The predicted molar refractivity (Wildman–Crippen MR) is 53.5 cm³/mol. The van der Waals surface area contributed by atoms with Crippen molar-refractivity contribution in [3.05, 3.63) is 35.9 Å². The second-order valence-electron chi connectivity index (χ2n) is 2.63. The highest BCUT2D eigenvalue weighted by molar-refractivity contribution is 8.14. The lowest BCUT2D eigenvalue weighted by atomic mass is 10.1. The van der Waals surface area contributed by atoms with Gasteiger partial charge in [-0.25, -0.2) is 8.42 Å². The van der Waals surface area contributed by atoms with E-state index >= 15 is 0 Å². The van der Waals surface area contributed by atoms with Crippen molar-refractivity contribution in [1.82, 2.24) is 0 Å². The number of benzene rings is 1. The minimum atomic E-state index is -4.05. The molecular weight excluding hydrogens is 226 g/mol. The van der Waals surface area contributed by atoms with Gasteiger partial charge >= 0.3 is 0 Å². The Kier molecular flexibility index (Phi) is 3.25. The Morgan fingerprint density at radius 2 is 1.79 bits per heavy atom. The zero-order valence-electron chi connectivity index (χ0n) is 7.05. The standard InChI is InChI=1S/C8H8ClNO3S/c9-14(12,13)8(10)7(11)6-4-2-1-3-5-6/h1-5,8H,10H2. The van der Waals surface area contributed by atoms with Gasteiger partial charge in [0.25, 0.3) is 9.05 Å². The molecule has 0 heterocycles. The fraction of sp³-hybridized carbons (Fsp3) is 0.125. The molecule has 1 atom stereocenters. The maximum atomic E-state index is 11.4. The first-order valence-electron chi connectivity index (χ1n) is 3.71. The lowest BCUT2D eigenvalue weighted by molar-refractivity contribution is 0.0988. The number of Topliss-reactive ketones (excluding diaryl/α,β-unsaturated/α-hetero) is 1. The van der Waals surface area contributed by atoms with E-state index in [0.717, 1.165) is 0 Å². The van der Waals surface area contributed by atoms with Crippen LogP contribution in [0.5, 0.6) is 0 Å². The van der Waals surface area contributed by atoms with Crippen LogP contribution in [0.15, 0.2) is 30.3 Å². The van der Waals surface area contributed by atoms with Crippen LogP contribution in [-0.4, -0.2) is 19.6 Å². The highest BCUT2D eigenvalue weighted by Crippen LogP contribution is 2.09. The van der Waals surface area contributed by atoms with Gasteiger partial charge in [-0.2, -0.15) is 0 Å². The molecule has 4 nitrogen and oxygen atoms in total. The van der Waals surface area contributed by atoms with Crippen LogP contribution in [0.1, 0.15) is 10.4 Å². The Balaban J connectivity index is 2.99. The summed E-state index contributed by atoms with van der Waals surface area (Å²) in [6, 6.07) is 7.88. The first-order valence-corrected chi connectivity index (χ1v) is 6.08. The summed E-state index contributed by atoms with van der Waals surface area (Å²) in [6.45, 7) is 0. The lowest BCUT2D eigenvalue weighted by Gasteiger charge is -2.05. The minimum Gasteiger partial charge on any atom is -0.308 e. The molecule has 0 amide bonds. The minimum absolute atomic E-state index is 0.226. The third-order valence-corrected chi connectivity index (χ3v) is 3.02. The highest BCUT2D eigenvalue weighted by atomic mass is 35.7. The van der Waals surface area contributed by atoms with Crippen LogP contribution in [0.2, 0.25) is 0 Å². The molecular formula is C8H8ClNO3S. The molecule has 1 rings (SSSR count). The number of hydrogen-bond donors (Lipinski definition) is 1. The molecule has 0 aliphatic rings. The molecule has 0 spiro atoms. The third kappa shape index (κ3) is 2.54. The van der Waals surface area contributed by atoms with Gasteiger partial charge in [-0.15, -0.1) is 0 Å². The number of nitrogens with two attached hydrogens (primary N) is 1. The second kappa shape index (κ2) is 4.08. The molecule has 6 heteroatoms. The van der Waals surface area contributed by atoms with E-state index in [1.54, 1.807) is 18.2 Å². The number of ketones is 1. The Morgan fingerprint density at radius 1 is 1.29 bits per heavy atom. The molecule has 14 heavy (non-hydrogen) atoms. The van der Waals surface area contributed by atoms with E-state index in [4.69, 9.17) is 16.4 Å². The second-order valence-corrected chi connectivity index (χ2v) is 5.38. The van der Waals surface area contributed by atoms with Crippen molar-refractivity contribution in [3.63, 3.8) is 0 Å². The van der Waals surface area contributed by atoms with Crippen molar-refractivity contribution in [2.75, 3.05) is 0 Å². The molecule has 1 aromatic rings. The molecule has 1 aromatic carbocycles. The van der Waals surface area contributed by atoms with Gasteiger partial charge in [0, 0.05) is 16.2 Å². The highest BCUT2D eigenvalue weighted by Gasteiger charge is 2.27. The van der Waals surface area contributed by atoms with Crippen LogP contribution < -0.4 is 5.73 Å². The van der Waals surface area contributed by atoms with Gasteiger partial charge in [0.15, 0.2) is 11.2 Å². The van der Waals surface area contributed by atoms with Crippen LogP contribution in [0.3, 0.4) is 0 Å². The maximum Gasteiger partial charge on any atom is 0.256 e. The Morgan fingerprint density at radius 3 is 2.21 bits per heavy atom. The molecule has 0 fully saturated rings. The molecule has 0 radical (unpaired) electrons. The number of halogens is 1. The van der Waals surface area contributed by atoms with Gasteiger partial charge in [-0.1, -0.05) is 30.3 Å². The fourth-order valence-corrected chi connectivity index (χ4v) is 1.53. The molecule has 0 bridgehead atoms. The molecule has 0 aliphatic carbocycles. The van der Waals surface area contributed by atoms with Crippen LogP contribution in [-0.2, 0) is 9.05 Å². The van der Waals surface area contributed by atoms with Crippen molar-refractivity contribution in [3.8, 4) is 0 Å². The molecule has 0 aliphatic heterocycles. The third-order valence-electron chi connectivity index (χ3n) is 1.62. The zero-order valence-corrected chi connectivity index (χ0v) is 8.62. The SMILES string of the molecule is NC(C(=O)c1ccccc1)S(=O)(=O)Cl. The molecule has 0 saturated carbocycles. The number of carbonyl (C=O) groups excluding carboxylic acids is 1. The summed E-state index contributed by atoms with van der Waals surface area (Å²) in [5.74, 6) is -0.708. The molecule has 0 aromatic heterocycles. The maximum absolute atomic E-state index is 11.4. The first kappa shape index (κ1) is 11.2. The van der Waals surface area contributed by atoms with Gasteiger partial charge in [0.05, 0.1) is 0 Å². The lowest BCUT2D eigenvalue weighted by Crippen LogP contribution is -2.35. The monoisotopic (exact) mass is 233 g/mol. The van der Waals surface area contributed by atoms with Crippen LogP contribution in [0.25, 0.3) is 0 Å². The molecule has 2 N–H and O–H groups in total. The van der Waals surface area contributed by atoms with E-state index in [1.807, 2.05) is 0 Å². The Bertz CT molecular complexity index is 429. The van der Waals surface area contributed by atoms with Gasteiger partial charge in [-0.3, -0.25) is 4.79 Å². The summed E-state index contributed by atoms with van der Waals surface area (Å²) >= 11 is 0. The average Bonchev–Trinajstić information content (AvgIpc) is 2.15. The zero-order chi connectivity index (χ0) is 10.8. The Labute approximate surface area is 86.1 Å². The van der Waals surface area contributed by atoms with Crippen molar-refractivity contribution in [2.45, 2.75) is 5.37 Å². The van der Waals surface area contributed by atoms with E-state index in [0.29, 0.717) is 0 Å². The fourth-order valence-electron chi connectivity index (χ4n) is 0.895. The van der Waals surface area contributed by atoms with E-state index in [2.05, 4.69) is 0 Å². The van der Waals surface area contributed by atoms with Crippen molar-refractivity contribution < 1.29 is 13.2 Å². The smallest absolute Gasteiger partial charge is 0.256 e. The molecule has 0 saturated heterocycles. The van der Waals surface area contributed by atoms with Gasteiger partial charge in [0.1, 0.15) is 0 Å². The van der Waals surface area contributed by atoms with Gasteiger partial charge in [-0.05, 0) is 0 Å².